The van der Waals surface area contributed by atoms with Crippen LogP contribution in [0.1, 0.15) is 58.2 Å². The van der Waals surface area contributed by atoms with Crippen molar-refractivity contribution in [2.24, 2.45) is 0 Å². The molecule has 0 amide bonds. The molecule has 1 heteroatoms. The average Bonchev–Trinajstić information content (AvgIpc) is 3.04. The largest absolute Gasteiger partial charge is 0.347 e. The van der Waals surface area contributed by atoms with E-state index in [0.29, 0.717) is 0 Å². The van der Waals surface area contributed by atoms with E-state index in [1.54, 1.807) is 0 Å². The summed E-state index contributed by atoms with van der Waals surface area (Å²) in [5.41, 5.74) is 11.0. The first-order valence-electron chi connectivity index (χ1n) is 10.9. The van der Waals surface area contributed by atoms with Crippen molar-refractivity contribution in [2.45, 2.75) is 52.4 Å². The van der Waals surface area contributed by atoms with Crippen LogP contribution in [0.5, 0.6) is 0 Å². The monoisotopic (exact) mass is 395 g/mol. The van der Waals surface area contributed by atoms with Crippen LogP contribution in [-0.4, -0.2) is 7.05 Å². The minimum atomic E-state index is 0.0139. The number of benzene rings is 2. The van der Waals surface area contributed by atoms with Gasteiger partial charge in [0.1, 0.15) is 0 Å². The first-order valence-corrected chi connectivity index (χ1v) is 10.9. The van der Waals surface area contributed by atoms with Crippen LogP contribution in [0, 0.1) is 0 Å². The highest BCUT2D eigenvalue weighted by Gasteiger charge is 2.37. The summed E-state index contributed by atoms with van der Waals surface area (Å²) in [4.78, 5) is 2.33. The summed E-state index contributed by atoms with van der Waals surface area (Å²) < 4.78 is 0. The molecule has 0 aromatic heterocycles. The minimum absolute atomic E-state index is 0.0139. The molecular formula is C29H33N. The highest BCUT2D eigenvalue weighted by Crippen LogP contribution is 2.47. The topological polar surface area (TPSA) is 3.24 Å². The molecule has 0 N–H and O–H groups in total. The third kappa shape index (κ3) is 3.08. The summed E-state index contributed by atoms with van der Waals surface area (Å²) in [7, 11) is 2.17. The summed E-state index contributed by atoms with van der Waals surface area (Å²) in [5, 5.41) is 0. The molecule has 1 heterocycles. The Hall–Kier alpha value is -2.80. The Morgan fingerprint density at radius 3 is 2.17 bits per heavy atom. The van der Waals surface area contributed by atoms with E-state index in [-0.39, 0.29) is 10.8 Å². The summed E-state index contributed by atoms with van der Waals surface area (Å²) >= 11 is 0. The third-order valence-electron chi connectivity index (χ3n) is 7.04. The van der Waals surface area contributed by atoms with Crippen LogP contribution in [0.15, 0.2) is 89.7 Å². The van der Waals surface area contributed by atoms with Gasteiger partial charge in [0.15, 0.2) is 0 Å². The smallest absolute Gasteiger partial charge is 0.0447 e. The van der Waals surface area contributed by atoms with E-state index >= 15 is 0 Å². The Morgan fingerprint density at radius 2 is 1.50 bits per heavy atom. The molecule has 30 heavy (non-hydrogen) atoms. The number of nitrogens with zero attached hydrogens (tertiary/aromatic N) is 1. The maximum atomic E-state index is 2.33. The van der Waals surface area contributed by atoms with Gasteiger partial charge in [0.05, 0.1) is 0 Å². The Morgan fingerprint density at radius 1 is 0.867 bits per heavy atom. The molecule has 4 rings (SSSR count). The number of hydrogen-bond acceptors (Lipinski definition) is 1. The van der Waals surface area contributed by atoms with Crippen molar-refractivity contribution in [3.63, 3.8) is 0 Å². The van der Waals surface area contributed by atoms with Crippen LogP contribution < -0.4 is 4.90 Å². The lowest BCUT2D eigenvalue weighted by atomic mass is 9.81. The summed E-state index contributed by atoms with van der Waals surface area (Å²) in [6, 6.07) is 17.5. The molecule has 0 spiro atoms. The highest BCUT2D eigenvalue weighted by atomic mass is 15.2. The number of para-hydroxylation sites is 1. The van der Waals surface area contributed by atoms with Gasteiger partial charge < -0.3 is 4.90 Å². The van der Waals surface area contributed by atoms with Gasteiger partial charge >= 0.3 is 0 Å². The molecule has 0 saturated heterocycles. The highest BCUT2D eigenvalue weighted by molar-refractivity contribution is 5.81. The van der Waals surface area contributed by atoms with Gasteiger partial charge in [-0.1, -0.05) is 94.0 Å². The lowest BCUT2D eigenvalue weighted by Crippen LogP contribution is -2.22. The number of rotatable bonds is 3. The lowest BCUT2D eigenvalue weighted by molar-refractivity contribution is 0.640. The Balaban J connectivity index is 1.62. The van der Waals surface area contributed by atoms with Gasteiger partial charge in [0.25, 0.3) is 0 Å². The molecule has 2 aromatic rings. The first-order chi connectivity index (χ1) is 14.2. The van der Waals surface area contributed by atoms with Gasteiger partial charge in [-0.25, -0.2) is 0 Å². The summed E-state index contributed by atoms with van der Waals surface area (Å²) in [6.07, 6.45) is 9.12. The van der Waals surface area contributed by atoms with E-state index in [4.69, 9.17) is 0 Å². The van der Waals surface area contributed by atoms with E-state index in [0.717, 1.165) is 0 Å². The molecule has 2 aromatic carbocycles. The van der Waals surface area contributed by atoms with Crippen LogP contribution in [0.3, 0.4) is 0 Å². The zero-order valence-electron chi connectivity index (χ0n) is 19.4. The molecule has 2 aliphatic rings. The normalized spacial score (nSPS) is 21.0. The Bertz CT molecular complexity index is 1120. The molecule has 0 atom stereocenters. The van der Waals surface area contributed by atoms with Crippen molar-refractivity contribution >= 4 is 11.3 Å². The van der Waals surface area contributed by atoms with Gasteiger partial charge in [0.2, 0.25) is 0 Å². The van der Waals surface area contributed by atoms with Crippen molar-refractivity contribution in [3.05, 3.63) is 106 Å². The number of fused-ring (bicyclic) bond motifs is 2. The Labute approximate surface area is 182 Å². The number of anilines is 1. The molecule has 1 aliphatic carbocycles. The van der Waals surface area contributed by atoms with E-state index < -0.39 is 0 Å². The van der Waals surface area contributed by atoms with Crippen molar-refractivity contribution in [2.75, 3.05) is 11.9 Å². The van der Waals surface area contributed by atoms with Crippen molar-refractivity contribution in [1.29, 1.82) is 0 Å². The van der Waals surface area contributed by atoms with Gasteiger partial charge in [-0.05, 0) is 53.8 Å². The maximum Gasteiger partial charge on any atom is 0.0447 e. The zero-order valence-corrected chi connectivity index (χ0v) is 19.4. The number of likely N-dealkylation sites (N-methyl/N-ethyl adjacent to an activating group) is 1. The molecule has 0 bridgehead atoms. The fourth-order valence-electron chi connectivity index (χ4n) is 5.23. The first kappa shape index (κ1) is 20.5. The SMILES string of the molecule is CC1=C(/C=C/C(C)=C/C=C2\N(C)c3ccccc3C2(C)C)C(C)(C)c2ccccc21. The zero-order chi connectivity index (χ0) is 21.7. The minimum Gasteiger partial charge on any atom is -0.347 e. The molecular weight excluding hydrogens is 362 g/mol. The van der Waals surface area contributed by atoms with Gasteiger partial charge in [-0.3, -0.25) is 0 Å². The van der Waals surface area contributed by atoms with Crippen molar-refractivity contribution < 1.29 is 0 Å². The summed E-state index contributed by atoms with van der Waals surface area (Å²) in [5.74, 6) is 0. The molecule has 0 saturated carbocycles. The third-order valence-corrected chi connectivity index (χ3v) is 7.04. The van der Waals surface area contributed by atoms with Crippen LogP contribution in [0.25, 0.3) is 5.57 Å². The second-order valence-electron chi connectivity index (χ2n) is 9.71. The van der Waals surface area contributed by atoms with Gasteiger partial charge in [-0.2, -0.15) is 0 Å². The maximum absolute atomic E-state index is 2.33. The predicted octanol–water partition coefficient (Wildman–Crippen LogP) is 7.57. The van der Waals surface area contributed by atoms with E-state index in [1.165, 1.54) is 44.8 Å². The van der Waals surface area contributed by atoms with E-state index in [9.17, 15) is 0 Å². The standard InChI is InChI=1S/C29H33N/c1-20(16-18-23-21(2)22-12-8-9-13-24(22)28(23,3)4)17-19-27-29(5,6)25-14-10-11-15-26(25)30(27)7/h8-19H,1-7H3/b18-16+,20-17+,27-19-. The number of hydrogen-bond donors (Lipinski definition) is 0. The summed E-state index contributed by atoms with van der Waals surface area (Å²) in [6.45, 7) is 13.7. The quantitative estimate of drug-likeness (QED) is 0.485. The van der Waals surface area contributed by atoms with Crippen LogP contribution >= 0.6 is 0 Å². The van der Waals surface area contributed by atoms with Gasteiger partial charge in [0, 0.05) is 29.3 Å². The average molecular weight is 396 g/mol. The van der Waals surface area contributed by atoms with Crippen molar-refractivity contribution in [3.8, 4) is 0 Å². The Kier molecular flexibility index (Phi) is 4.89. The fourth-order valence-corrected chi connectivity index (χ4v) is 5.23. The number of allylic oxidation sites excluding steroid dienone is 8. The van der Waals surface area contributed by atoms with Crippen LogP contribution in [-0.2, 0) is 10.8 Å². The van der Waals surface area contributed by atoms with E-state index in [1.807, 2.05) is 0 Å². The van der Waals surface area contributed by atoms with Crippen molar-refractivity contribution in [1.82, 2.24) is 0 Å². The molecule has 0 unspecified atom stereocenters. The molecule has 1 nitrogen and oxygen atoms in total. The second kappa shape index (κ2) is 7.16. The predicted molar refractivity (Wildman–Crippen MR) is 131 cm³/mol. The van der Waals surface area contributed by atoms with Gasteiger partial charge in [-0.15, -0.1) is 0 Å². The van der Waals surface area contributed by atoms with E-state index in [2.05, 4.69) is 126 Å². The molecule has 0 radical (unpaired) electrons. The fraction of sp³-hybridized carbons (Fsp3) is 0.310. The molecule has 0 fully saturated rings. The molecule has 154 valence electrons. The lowest BCUT2D eigenvalue weighted by Gasteiger charge is -2.24. The molecule has 1 aliphatic heterocycles. The van der Waals surface area contributed by atoms with Crippen LogP contribution in [0.4, 0.5) is 5.69 Å². The second-order valence-corrected chi connectivity index (χ2v) is 9.71. The van der Waals surface area contributed by atoms with Crippen LogP contribution in [0.2, 0.25) is 0 Å².